The monoisotopic (exact) mass is 495 g/mol. The van der Waals surface area contributed by atoms with Crippen molar-refractivity contribution in [3.05, 3.63) is 35.3 Å². The van der Waals surface area contributed by atoms with E-state index in [0.29, 0.717) is 0 Å². The summed E-state index contributed by atoms with van der Waals surface area (Å²) in [5, 5.41) is 13.6. The molecule has 0 saturated heterocycles. The normalized spacial score (nSPS) is 12.6. The highest BCUT2D eigenvalue weighted by Crippen LogP contribution is 2.15. The summed E-state index contributed by atoms with van der Waals surface area (Å²) in [6.45, 7) is 8.30. The van der Waals surface area contributed by atoms with Crippen molar-refractivity contribution in [2.75, 3.05) is 13.2 Å². The molecule has 0 aromatic heterocycles. The molecule has 0 aliphatic carbocycles. The molecule has 0 unspecified atom stereocenters. The number of hydrogen-bond acceptors (Lipinski definition) is 4. The Bertz CT molecular complexity index is 496. The first-order chi connectivity index (χ1) is 17.1. The third-order valence-corrected chi connectivity index (χ3v) is 6.85. The Morgan fingerprint density at radius 3 is 1.31 bits per heavy atom. The van der Waals surface area contributed by atoms with Gasteiger partial charge in [-0.1, -0.05) is 148 Å². The minimum Gasteiger partial charge on any atom is -0.358 e. The van der Waals surface area contributed by atoms with Crippen molar-refractivity contribution < 1.29 is 10.3 Å². The molecule has 1 aliphatic heterocycles. The predicted octanol–water partition coefficient (Wildman–Crippen LogP) is 9.43. The van der Waals surface area contributed by atoms with Crippen LogP contribution in [0.3, 0.4) is 0 Å². The topological polar surface area (TPSA) is 69.9 Å². The zero-order chi connectivity index (χ0) is 25.8. The molecule has 0 spiro atoms. The van der Waals surface area contributed by atoms with Crippen molar-refractivity contribution in [2.45, 2.75) is 148 Å². The molecule has 0 radical (unpaired) electrons. The van der Waals surface area contributed by atoms with E-state index in [4.69, 9.17) is 15.3 Å². The van der Waals surface area contributed by atoms with Gasteiger partial charge >= 0.3 is 0 Å². The summed E-state index contributed by atoms with van der Waals surface area (Å²) in [6, 6.07) is 0. The first-order valence-corrected chi connectivity index (χ1v) is 14.7. The molecule has 1 rings (SSSR count). The number of hydrogen-bond donors (Lipinski definition) is 1. The van der Waals surface area contributed by atoms with E-state index < -0.39 is 5.09 Å². The van der Waals surface area contributed by atoms with Crippen LogP contribution in [-0.2, 0) is 0 Å². The van der Waals surface area contributed by atoms with Gasteiger partial charge in [0, 0.05) is 18.9 Å². The van der Waals surface area contributed by atoms with Gasteiger partial charge in [0.25, 0.3) is 5.09 Å². The molecule has 6 nitrogen and oxygen atoms in total. The Morgan fingerprint density at radius 1 is 0.714 bits per heavy atom. The van der Waals surface area contributed by atoms with Crippen LogP contribution in [0.25, 0.3) is 0 Å². The van der Waals surface area contributed by atoms with Crippen molar-refractivity contribution in [1.29, 1.82) is 0 Å². The smallest absolute Gasteiger partial charge is 0.291 e. The lowest BCUT2D eigenvalue weighted by Crippen LogP contribution is -2.22. The fraction of sp³-hybridized carbons (Fsp3) is 0.862. The molecule has 0 fully saturated rings. The summed E-state index contributed by atoms with van der Waals surface area (Å²) in [6.07, 6.45) is 38.2. The maximum absolute atomic E-state index is 8.36. The zero-order valence-electron chi connectivity index (χ0n) is 23.0. The lowest BCUT2D eigenvalue weighted by molar-refractivity contribution is -0.742. The Labute approximate surface area is 216 Å². The molecule has 0 aromatic carbocycles. The van der Waals surface area contributed by atoms with Crippen LogP contribution in [0.4, 0.5) is 0 Å². The summed E-state index contributed by atoms with van der Waals surface area (Å²) < 4.78 is 0. The van der Waals surface area contributed by atoms with Gasteiger partial charge in [0.1, 0.15) is 0 Å². The molecule has 1 aliphatic rings. The van der Waals surface area contributed by atoms with Gasteiger partial charge in [-0.15, -0.1) is 10.1 Å². The molecule has 1 heterocycles. The summed E-state index contributed by atoms with van der Waals surface area (Å²) in [5.41, 5.74) is 0. The Kier molecular flexibility index (Phi) is 25.6. The minimum absolute atomic E-state index is 0.989. The van der Waals surface area contributed by atoms with Crippen LogP contribution in [0, 0.1) is 10.1 Å². The van der Waals surface area contributed by atoms with Gasteiger partial charge in [0.15, 0.2) is 0 Å². The molecule has 1 N–H and O–H groups in total. The van der Waals surface area contributed by atoms with Gasteiger partial charge < -0.3 is 15.0 Å². The van der Waals surface area contributed by atoms with Crippen LogP contribution in [0.2, 0.25) is 0 Å². The Balaban J connectivity index is 0.00000267. The van der Waals surface area contributed by atoms with Gasteiger partial charge in [-0.3, -0.25) is 0 Å². The standard InChI is InChI=1S/C29H56N2.HNO3/c1-3-5-6-7-8-9-10-11-12-13-14-15-16-17-18-19-20-21-22-23-24-25-26-31-28-27-30(4-2)29-31;2-1(3)4/h4,27-28H,2-3,5-26,29H2,1H3;(H,2,3,4). The van der Waals surface area contributed by atoms with Gasteiger partial charge in [0.05, 0.1) is 6.67 Å². The lowest BCUT2D eigenvalue weighted by atomic mass is 10.0. The van der Waals surface area contributed by atoms with Crippen molar-refractivity contribution in [1.82, 2.24) is 9.80 Å². The molecule has 206 valence electrons. The van der Waals surface area contributed by atoms with Crippen LogP contribution in [0.15, 0.2) is 25.2 Å². The SMILES string of the molecule is C=CN1C=CN(CCCCCCCCCCCCCCCCCCCCCCCC)C1.O=[N+]([O-])O. The fourth-order valence-corrected chi connectivity index (χ4v) is 4.67. The highest BCUT2D eigenvalue weighted by Gasteiger charge is 2.08. The molecule has 35 heavy (non-hydrogen) atoms. The van der Waals surface area contributed by atoms with E-state index in [0.717, 1.165) is 6.67 Å². The van der Waals surface area contributed by atoms with Gasteiger partial charge in [-0.2, -0.15) is 0 Å². The van der Waals surface area contributed by atoms with Gasteiger partial charge in [-0.05, 0) is 12.6 Å². The third-order valence-electron chi connectivity index (χ3n) is 6.85. The van der Waals surface area contributed by atoms with E-state index in [1.807, 2.05) is 6.20 Å². The van der Waals surface area contributed by atoms with Crippen molar-refractivity contribution in [3.63, 3.8) is 0 Å². The largest absolute Gasteiger partial charge is 0.358 e. The molecule has 0 aromatic rings. The second kappa shape index (κ2) is 26.9. The van der Waals surface area contributed by atoms with Crippen LogP contribution < -0.4 is 0 Å². The number of rotatable bonds is 24. The summed E-state index contributed by atoms with van der Waals surface area (Å²) in [5.74, 6) is 0. The molecular weight excluding hydrogens is 438 g/mol. The van der Waals surface area contributed by atoms with Crippen LogP contribution in [0.1, 0.15) is 148 Å². The van der Waals surface area contributed by atoms with E-state index in [9.17, 15) is 0 Å². The molecular formula is C29H57N3O3. The summed E-state index contributed by atoms with van der Waals surface area (Å²) in [4.78, 5) is 12.9. The van der Waals surface area contributed by atoms with Crippen LogP contribution >= 0.6 is 0 Å². The van der Waals surface area contributed by atoms with E-state index in [2.05, 4.69) is 35.7 Å². The fourth-order valence-electron chi connectivity index (χ4n) is 4.67. The van der Waals surface area contributed by atoms with Gasteiger partial charge in [-0.25, -0.2) is 0 Å². The first-order valence-electron chi connectivity index (χ1n) is 14.7. The Morgan fingerprint density at radius 2 is 1.03 bits per heavy atom. The molecule has 0 amide bonds. The van der Waals surface area contributed by atoms with E-state index >= 15 is 0 Å². The third kappa shape index (κ3) is 26.7. The van der Waals surface area contributed by atoms with E-state index in [-0.39, 0.29) is 0 Å². The first kappa shape index (κ1) is 33.3. The highest BCUT2D eigenvalue weighted by molar-refractivity contribution is 4.94. The van der Waals surface area contributed by atoms with Crippen LogP contribution in [-0.4, -0.2) is 33.3 Å². The van der Waals surface area contributed by atoms with Crippen molar-refractivity contribution >= 4 is 0 Å². The molecule has 0 atom stereocenters. The average Bonchev–Trinajstić information content (AvgIpc) is 3.30. The predicted molar refractivity (Wildman–Crippen MR) is 149 cm³/mol. The second-order valence-corrected chi connectivity index (χ2v) is 10.1. The molecule has 6 heteroatoms. The number of nitrogens with zero attached hydrogens (tertiary/aromatic N) is 3. The quantitative estimate of drug-likeness (QED) is 0.0820. The van der Waals surface area contributed by atoms with Crippen LogP contribution in [0.5, 0.6) is 0 Å². The van der Waals surface area contributed by atoms with Gasteiger partial charge in [0.2, 0.25) is 0 Å². The maximum atomic E-state index is 8.36. The molecule has 0 bridgehead atoms. The highest BCUT2D eigenvalue weighted by atomic mass is 16.9. The van der Waals surface area contributed by atoms with Crippen molar-refractivity contribution in [2.24, 2.45) is 0 Å². The zero-order valence-corrected chi connectivity index (χ0v) is 23.0. The van der Waals surface area contributed by atoms with Crippen molar-refractivity contribution in [3.8, 4) is 0 Å². The maximum Gasteiger partial charge on any atom is 0.291 e. The average molecular weight is 496 g/mol. The molecule has 0 saturated carbocycles. The Hall–Kier alpha value is -1.72. The van der Waals surface area contributed by atoms with E-state index in [1.165, 1.54) is 148 Å². The minimum atomic E-state index is -1.50. The second-order valence-electron chi connectivity index (χ2n) is 10.1. The summed E-state index contributed by atoms with van der Waals surface area (Å²) in [7, 11) is 0. The number of unbranched alkanes of at least 4 members (excludes halogenated alkanes) is 21. The summed E-state index contributed by atoms with van der Waals surface area (Å²) >= 11 is 0. The lowest BCUT2D eigenvalue weighted by Gasteiger charge is -2.18. The van der Waals surface area contributed by atoms with E-state index in [1.54, 1.807) is 0 Å².